The number of carbonyl (C=O) groups excluding carboxylic acids is 2. The maximum atomic E-state index is 13.4. The lowest BCUT2D eigenvalue weighted by Gasteiger charge is -2.61. The molecular weight excluding hydrogens is 548 g/mol. The highest BCUT2D eigenvalue weighted by atomic mass is 16.6. The first-order chi connectivity index (χ1) is 20.7. The minimum absolute atomic E-state index is 0.00313. The zero-order chi connectivity index (χ0) is 32.2. The normalized spacial score (nSPS) is 38.2. The quantitative estimate of drug-likeness (QED) is 0.227. The van der Waals surface area contributed by atoms with E-state index in [9.17, 15) is 9.59 Å². The Kier molecular flexibility index (Phi) is 11.7. The fraction of sp³-hybridized carbons (Fsp3) is 0.947. The Labute approximate surface area is 270 Å². The van der Waals surface area contributed by atoms with E-state index >= 15 is 0 Å². The Hall–Kier alpha value is -1.46. The molecule has 0 saturated heterocycles. The Balaban J connectivity index is 1.29. The van der Waals surface area contributed by atoms with E-state index < -0.39 is 0 Å². The second-order valence-corrected chi connectivity index (χ2v) is 17.7. The van der Waals surface area contributed by atoms with Gasteiger partial charge in [0.05, 0.1) is 13.2 Å². The fourth-order valence-electron chi connectivity index (χ4n) is 10.3. The van der Waals surface area contributed by atoms with Gasteiger partial charge in [-0.15, -0.1) is 0 Å². The third-order valence-corrected chi connectivity index (χ3v) is 13.5. The van der Waals surface area contributed by atoms with Crippen molar-refractivity contribution in [2.24, 2.45) is 51.2 Å². The second kappa shape index (κ2) is 14.5. The molecule has 0 heterocycles. The summed E-state index contributed by atoms with van der Waals surface area (Å²) in [6.45, 7) is 20.3. The number of hydrogen-bond acceptors (Lipinski definition) is 4. The number of unbranched alkanes of at least 4 members (excludes halogenated alkanes) is 3. The smallest absolute Gasteiger partial charge is 0.407 e. The number of nitrogens with one attached hydrogen (secondary N) is 2. The van der Waals surface area contributed by atoms with Crippen LogP contribution in [0.3, 0.4) is 0 Å². The zero-order valence-corrected chi connectivity index (χ0v) is 29.8. The van der Waals surface area contributed by atoms with E-state index in [4.69, 9.17) is 9.47 Å². The molecule has 0 aliphatic heterocycles. The van der Waals surface area contributed by atoms with Gasteiger partial charge in [-0.25, -0.2) is 9.59 Å². The summed E-state index contributed by atoms with van der Waals surface area (Å²) < 4.78 is 11.6. The van der Waals surface area contributed by atoms with E-state index in [0.29, 0.717) is 31.1 Å². The lowest BCUT2D eigenvalue weighted by molar-refractivity contribution is -0.136. The van der Waals surface area contributed by atoms with Gasteiger partial charge in [-0.05, 0) is 116 Å². The highest BCUT2D eigenvalue weighted by molar-refractivity contribution is 5.68. The van der Waals surface area contributed by atoms with Crippen molar-refractivity contribution in [3.8, 4) is 0 Å². The predicted molar refractivity (Wildman–Crippen MR) is 179 cm³/mol. The van der Waals surface area contributed by atoms with Gasteiger partial charge in [-0.2, -0.15) is 0 Å². The van der Waals surface area contributed by atoms with Crippen LogP contribution in [0.25, 0.3) is 0 Å². The Morgan fingerprint density at radius 3 is 2.36 bits per heavy atom. The fourth-order valence-corrected chi connectivity index (χ4v) is 10.3. The molecule has 2 N–H and O–H groups in total. The number of ether oxygens (including phenoxy) is 2. The second-order valence-electron chi connectivity index (χ2n) is 17.7. The van der Waals surface area contributed by atoms with E-state index in [0.717, 1.165) is 62.2 Å². The number of amides is 2. The molecule has 0 aromatic carbocycles. The van der Waals surface area contributed by atoms with Gasteiger partial charge in [0, 0.05) is 18.0 Å². The molecular formula is C38H68N2O4. The molecule has 0 spiro atoms. The van der Waals surface area contributed by atoms with Gasteiger partial charge < -0.3 is 20.1 Å². The molecule has 4 saturated carbocycles. The minimum Gasteiger partial charge on any atom is -0.450 e. The molecule has 8 atom stereocenters. The molecule has 0 aromatic rings. The number of carbonyl (C=O) groups is 2. The summed E-state index contributed by atoms with van der Waals surface area (Å²) in [5.41, 5.74) is 0.286. The third-order valence-electron chi connectivity index (χ3n) is 13.5. The Morgan fingerprint density at radius 2 is 1.64 bits per heavy atom. The summed E-state index contributed by atoms with van der Waals surface area (Å²) in [6, 6.07) is -0.00313. The molecule has 4 aliphatic carbocycles. The molecule has 8 unspecified atom stereocenters. The largest absolute Gasteiger partial charge is 0.450 e. The molecule has 4 fully saturated rings. The van der Waals surface area contributed by atoms with Crippen LogP contribution >= 0.6 is 0 Å². The van der Waals surface area contributed by atoms with Crippen molar-refractivity contribution in [3.63, 3.8) is 0 Å². The molecule has 6 heteroatoms. The summed E-state index contributed by atoms with van der Waals surface area (Å²) in [5, 5.41) is 6.31. The first kappa shape index (κ1) is 35.4. The van der Waals surface area contributed by atoms with Crippen LogP contribution in [0.1, 0.15) is 152 Å². The molecule has 2 amide bonds. The summed E-state index contributed by atoms with van der Waals surface area (Å²) in [6.07, 6.45) is 17.1. The monoisotopic (exact) mass is 617 g/mol. The lowest BCUT2D eigenvalue weighted by Crippen LogP contribution is -2.56. The SMILES string of the molecule is CCCCCCOC(=O)NCC1(C)CCC(C)(C)C(NC(=O)OCC2(C)CCCC3(C)C4CCC(C(C)C)CC4CCC23)C1. The van der Waals surface area contributed by atoms with E-state index in [2.05, 4.69) is 66.0 Å². The van der Waals surface area contributed by atoms with Crippen LogP contribution in [-0.4, -0.2) is 38.0 Å². The zero-order valence-electron chi connectivity index (χ0n) is 29.8. The Morgan fingerprint density at radius 1 is 0.864 bits per heavy atom. The van der Waals surface area contributed by atoms with E-state index in [1.807, 2.05) is 0 Å². The maximum absolute atomic E-state index is 13.4. The van der Waals surface area contributed by atoms with E-state index in [1.165, 1.54) is 57.8 Å². The Bertz CT molecular complexity index is 966. The standard InChI is InChI=1S/C38H68N2O4/c1-9-10-11-12-22-43-33(41)39-25-36(6)21-20-35(4,5)32(24-36)40-34(42)44-26-37(7)18-13-19-38(8)30-16-14-28(27(2)3)23-29(30)15-17-31(37)38/h27-32H,9-26H2,1-8H3,(H,39,41)(H,40,42). The maximum Gasteiger partial charge on any atom is 0.407 e. The van der Waals surface area contributed by atoms with Crippen molar-refractivity contribution in [1.82, 2.24) is 10.6 Å². The van der Waals surface area contributed by atoms with Crippen LogP contribution in [0.2, 0.25) is 0 Å². The highest BCUT2D eigenvalue weighted by Crippen LogP contribution is 2.64. The van der Waals surface area contributed by atoms with Gasteiger partial charge in [-0.1, -0.05) is 81.1 Å². The van der Waals surface area contributed by atoms with Gasteiger partial charge in [-0.3, -0.25) is 0 Å². The average molecular weight is 617 g/mol. The number of alkyl carbamates (subject to hydrolysis) is 2. The van der Waals surface area contributed by atoms with Gasteiger partial charge in [0.2, 0.25) is 0 Å². The topological polar surface area (TPSA) is 76.7 Å². The third kappa shape index (κ3) is 8.27. The lowest BCUT2D eigenvalue weighted by atomic mass is 9.44. The van der Waals surface area contributed by atoms with Gasteiger partial charge in [0.15, 0.2) is 0 Å². The first-order valence-corrected chi connectivity index (χ1v) is 18.6. The molecule has 254 valence electrons. The van der Waals surface area contributed by atoms with Gasteiger partial charge >= 0.3 is 12.2 Å². The molecule has 4 aliphatic rings. The summed E-state index contributed by atoms with van der Waals surface area (Å²) in [4.78, 5) is 25.7. The average Bonchev–Trinajstić information content (AvgIpc) is 2.97. The molecule has 0 bridgehead atoms. The van der Waals surface area contributed by atoms with Crippen molar-refractivity contribution in [1.29, 1.82) is 0 Å². The van der Waals surface area contributed by atoms with Crippen molar-refractivity contribution in [2.45, 2.75) is 158 Å². The first-order valence-electron chi connectivity index (χ1n) is 18.6. The van der Waals surface area contributed by atoms with E-state index in [-0.39, 0.29) is 34.5 Å². The minimum atomic E-state index is -0.328. The summed E-state index contributed by atoms with van der Waals surface area (Å²) >= 11 is 0. The van der Waals surface area contributed by atoms with Gasteiger partial charge in [0.25, 0.3) is 0 Å². The number of hydrogen-bond donors (Lipinski definition) is 2. The number of rotatable bonds is 11. The van der Waals surface area contributed by atoms with Crippen LogP contribution in [0.15, 0.2) is 0 Å². The van der Waals surface area contributed by atoms with Gasteiger partial charge in [0.1, 0.15) is 0 Å². The van der Waals surface area contributed by atoms with Crippen molar-refractivity contribution >= 4 is 12.2 Å². The van der Waals surface area contributed by atoms with E-state index in [1.54, 1.807) is 0 Å². The summed E-state index contributed by atoms with van der Waals surface area (Å²) in [5.74, 6) is 4.04. The van der Waals surface area contributed by atoms with Crippen LogP contribution in [-0.2, 0) is 9.47 Å². The molecule has 44 heavy (non-hydrogen) atoms. The van der Waals surface area contributed by atoms with Crippen LogP contribution in [0, 0.1) is 51.2 Å². The van der Waals surface area contributed by atoms with Crippen molar-refractivity contribution < 1.29 is 19.1 Å². The van der Waals surface area contributed by atoms with Crippen LogP contribution in [0.5, 0.6) is 0 Å². The van der Waals surface area contributed by atoms with Crippen LogP contribution in [0.4, 0.5) is 9.59 Å². The molecule has 0 radical (unpaired) electrons. The molecule has 0 aromatic heterocycles. The summed E-state index contributed by atoms with van der Waals surface area (Å²) in [7, 11) is 0. The highest BCUT2D eigenvalue weighted by Gasteiger charge is 2.57. The molecule has 4 rings (SSSR count). The predicted octanol–water partition coefficient (Wildman–Crippen LogP) is 9.90. The molecule has 6 nitrogen and oxygen atoms in total. The van der Waals surface area contributed by atoms with Crippen molar-refractivity contribution in [2.75, 3.05) is 19.8 Å². The van der Waals surface area contributed by atoms with Crippen LogP contribution < -0.4 is 10.6 Å². The number of fused-ring (bicyclic) bond motifs is 3. The van der Waals surface area contributed by atoms with Crippen molar-refractivity contribution in [3.05, 3.63) is 0 Å².